The fourth-order valence-electron chi connectivity index (χ4n) is 8.22. The highest BCUT2D eigenvalue weighted by atomic mass is 35.5. The lowest BCUT2D eigenvalue weighted by Gasteiger charge is -2.24. The molecule has 2 aromatic carbocycles. The second kappa shape index (κ2) is 20.9. The van der Waals surface area contributed by atoms with E-state index in [1.807, 2.05) is 37.5 Å². The smallest absolute Gasteiger partial charge is 0.308 e. The van der Waals surface area contributed by atoms with Gasteiger partial charge in [-0.05, 0) is 81.9 Å². The summed E-state index contributed by atoms with van der Waals surface area (Å²) in [6.07, 6.45) is 6.02. The van der Waals surface area contributed by atoms with Crippen LogP contribution < -0.4 is 20.7 Å². The maximum atomic E-state index is 13.8. The molecule has 19 heteroatoms. The summed E-state index contributed by atoms with van der Waals surface area (Å²) < 4.78 is 18.0. The fraction of sp³-hybridized carbons (Fsp3) is 0.489. The second-order valence-corrected chi connectivity index (χ2v) is 18.0. The zero-order valence-corrected chi connectivity index (χ0v) is 37.9. The van der Waals surface area contributed by atoms with E-state index >= 15 is 0 Å². The van der Waals surface area contributed by atoms with Crippen LogP contribution in [0.2, 0.25) is 5.02 Å². The monoisotopic (exact) mass is 916 g/mol. The zero-order valence-electron chi connectivity index (χ0n) is 36.3. The highest BCUT2D eigenvalue weighted by Crippen LogP contribution is 2.39. The average Bonchev–Trinajstić information content (AvgIpc) is 3.86. The minimum absolute atomic E-state index is 0.0268. The van der Waals surface area contributed by atoms with Crippen molar-refractivity contribution < 1.29 is 43.0 Å². The number of carbonyl (C=O) groups excluding carboxylic acids is 6. The number of allylic oxidation sites excluding steroid dienone is 1. The summed E-state index contributed by atoms with van der Waals surface area (Å²) in [6, 6.07) is 10.3. The molecule has 0 saturated carbocycles. The maximum absolute atomic E-state index is 13.8. The van der Waals surface area contributed by atoms with E-state index in [0.29, 0.717) is 59.6 Å². The maximum Gasteiger partial charge on any atom is 0.308 e. The highest BCUT2D eigenvalue weighted by Gasteiger charge is 2.50. The van der Waals surface area contributed by atoms with Crippen molar-refractivity contribution in [1.29, 1.82) is 0 Å². The summed E-state index contributed by atoms with van der Waals surface area (Å²) in [4.78, 5) is 85.1. The van der Waals surface area contributed by atoms with Crippen molar-refractivity contribution in [1.82, 2.24) is 35.6 Å². The van der Waals surface area contributed by atoms with Gasteiger partial charge in [0.25, 0.3) is 23.6 Å². The fourth-order valence-corrected chi connectivity index (χ4v) is 9.50. The number of esters is 1. The Balaban J connectivity index is 0.841. The van der Waals surface area contributed by atoms with E-state index in [4.69, 9.17) is 30.8 Å². The summed E-state index contributed by atoms with van der Waals surface area (Å²) in [6.45, 7) is 6.36. The van der Waals surface area contributed by atoms with Crippen LogP contribution in [0.3, 0.4) is 0 Å². The molecule has 3 aromatic rings. The van der Waals surface area contributed by atoms with E-state index in [-0.39, 0.29) is 59.4 Å². The van der Waals surface area contributed by atoms with Gasteiger partial charge in [-0.15, -0.1) is 10.2 Å². The van der Waals surface area contributed by atoms with Gasteiger partial charge in [0.1, 0.15) is 29.8 Å². The van der Waals surface area contributed by atoms with E-state index in [1.165, 1.54) is 31.0 Å². The number of epoxide rings is 1. The Bertz CT molecular complexity index is 2350. The van der Waals surface area contributed by atoms with Crippen LogP contribution in [-0.4, -0.2) is 106 Å². The number of benzene rings is 2. The number of fused-ring (bicyclic) bond motifs is 3. The van der Waals surface area contributed by atoms with Crippen LogP contribution in [0.25, 0.3) is 0 Å². The molecule has 64 heavy (non-hydrogen) atoms. The summed E-state index contributed by atoms with van der Waals surface area (Å²) in [5.41, 5.74) is 2.52. The van der Waals surface area contributed by atoms with Gasteiger partial charge in [0.2, 0.25) is 5.91 Å². The third kappa shape index (κ3) is 10.8. The minimum Gasteiger partial charge on any atom is -0.483 e. The van der Waals surface area contributed by atoms with Gasteiger partial charge >= 0.3 is 5.97 Å². The predicted molar refractivity (Wildman–Crippen MR) is 238 cm³/mol. The molecule has 0 bridgehead atoms. The van der Waals surface area contributed by atoms with Gasteiger partial charge in [0, 0.05) is 30.2 Å². The van der Waals surface area contributed by atoms with E-state index < -0.39 is 35.8 Å². The number of halogens is 1. The molecule has 4 aliphatic heterocycles. The molecule has 5 heterocycles. The van der Waals surface area contributed by atoms with E-state index in [2.05, 4.69) is 26.1 Å². The van der Waals surface area contributed by atoms with Crippen molar-refractivity contribution in [3.63, 3.8) is 0 Å². The number of imide groups is 1. The van der Waals surface area contributed by atoms with Gasteiger partial charge in [-0.25, -0.2) is 0 Å². The Labute approximate surface area is 380 Å². The molecule has 17 nitrogen and oxygen atoms in total. The van der Waals surface area contributed by atoms with Gasteiger partial charge in [-0.2, -0.15) is 0 Å². The van der Waals surface area contributed by atoms with E-state index in [9.17, 15) is 28.8 Å². The van der Waals surface area contributed by atoms with Crippen LogP contribution in [0.4, 0.5) is 0 Å². The number of aliphatic imine (C=N–C) groups is 1. The van der Waals surface area contributed by atoms with Crippen LogP contribution in [-0.2, 0) is 28.7 Å². The Morgan fingerprint density at radius 2 is 1.66 bits per heavy atom. The first-order valence-corrected chi connectivity index (χ1v) is 22.9. The number of nitrogens with one attached hydrogen (secondary N) is 3. The first-order chi connectivity index (χ1) is 30.8. The number of nitrogens with zero attached hydrogens (tertiary/aromatic N) is 5. The molecule has 5 amide bonds. The summed E-state index contributed by atoms with van der Waals surface area (Å²) in [5.74, 6) is -1.30. The van der Waals surface area contributed by atoms with Crippen LogP contribution >= 0.6 is 23.4 Å². The number of aromatic nitrogens is 3. The molecule has 0 radical (unpaired) electrons. The number of aryl methyl sites for hydroxylation is 1. The van der Waals surface area contributed by atoms with Crippen LogP contribution in [0.5, 0.6) is 5.75 Å². The molecular weight excluding hydrogens is 864 g/mol. The number of rotatable bonds is 17. The molecular formula is C45H53ClN8O9S. The molecule has 2 saturated heterocycles. The quantitative estimate of drug-likeness (QED) is 0.0661. The molecule has 0 spiro atoms. The lowest BCUT2D eigenvalue weighted by molar-refractivity contribution is -0.141. The van der Waals surface area contributed by atoms with Gasteiger partial charge in [0.15, 0.2) is 18.7 Å². The first kappa shape index (κ1) is 46.4. The number of hydrogen-bond donors (Lipinski definition) is 3. The number of thioether (sulfide) groups is 1. The lowest BCUT2D eigenvalue weighted by atomic mass is 10.0. The van der Waals surface area contributed by atoms with Crippen molar-refractivity contribution in [3.05, 3.63) is 86.3 Å². The van der Waals surface area contributed by atoms with Crippen LogP contribution in [0.15, 0.2) is 57.9 Å². The molecule has 3 N–H and O–H groups in total. The molecule has 340 valence electrons. The summed E-state index contributed by atoms with van der Waals surface area (Å²) in [7, 11) is 1.34. The third-order valence-electron chi connectivity index (χ3n) is 11.6. The Kier molecular flexibility index (Phi) is 15.2. The molecule has 7 rings (SSSR count). The normalized spacial score (nSPS) is 23.7. The summed E-state index contributed by atoms with van der Waals surface area (Å²) in [5, 5.41) is 17.7. The number of carbonyl (C=O) groups is 6. The van der Waals surface area contributed by atoms with Crippen molar-refractivity contribution in [2.45, 2.75) is 115 Å². The van der Waals surface area contributed by atoms with E-state index in [0.717, 1.165) is 54.6 Å². The zero-order chi connectivity index (χ0) is 45.5. The number of unbranched alkanes of at least 4 members (excludes halogenated alkanes) is 5. The molecule has 2 fully saturated rings. The Morgan fingerprint density at radius 3 is 2.39 bits per heavy atom. The largest absolute Gasteiger partial charge is 0.483 e. The third-order valence-corrected chi connectivity index (χ3v) is 13.2. The SMILES string of the molecule is COC(=O)CC1/N=C(/c2ccc(Cl)cc2)C/C(C)=C(/C(=O)NCCCCCCCCNC(=O)COc2cccc3c2C(=O)N(C2CCC4OC4NC2=O)C3=O)SC(C)n2c(C)nnc21. The van der Waals surface area contributed by atoms with Gasteiger partial charge in [0.05, 0.1) is 34.9 Å². The Hall–Kier alpha value is -5.59. The number of methoxy groups -OCH3 is 1. The molecule has 4 aliphatic rings. The van der Waals surface area contributed by atoms with Crippen LogP contribution in [0, 0.1) is 6.92 Å². The van der Waals surface area contributed by atoms with Crippen molar-refractivity contribution in [2.24, 2.45) is 4.99 Å². The number of amides is 5. The Morgan fingerprint density at radius 1 is 0.938 bits per heavy atom. The molecule has 5 atom stereocenters. The van der Waals surface area contributed by atoms with Gasteiger partial charge in [-0.1, -0.05) is 67.2 Å². The first-order valence-electron chi connectivity index (χ1n) is 21.7. The van der Waals surface area contributed by atoms with Gasteiger partial charge < -0.3 is 34.7 Å². The van der Waals surface area contributed by atoms with Crippen molar-refractivity contribution >= 4 is 64.6 Å². The van der Waals surface area contributed by atoms with E-state index in [1.54, 1.807) is 18.2 Å². The topological polar surface area (TPSA) is 216 Å². The van der Waals surface area contributed by atoms with Gasteiger partial charge in [-0.3, -0.25) is 38.7 Å². The average molecular weight is 917 g/mol. The number of ether oxygens (including phenoxy) is 3. The van der Waals surface area contributed by atoms with Crippen molar-refractivity contribution in [3.8, 4) is 5.75 Å². The number of hydrogen-bond acceptors (Lipinski definition) is 13. The summed E-state index contributed by atoms with van der Waals surface area (Å²) >= 11 is 7.63. The molecule has 5 unspecified atom stereocenters. The van der Waals surface area contributed by atoms with Crippen LogP contribution in [0.1, 0.15) is 127 Å². The predicted octanol–water partition coefficient (Wildman–Crippen LogP) is 5.51. The standard InChI is InChI=1S/C45H53ClN8O9S/c1-25-22-31(28-14-16-29(46)17-15-28)49-32(23-37(56)61-4)40-52-51-26(2)53(40)27(3)64-39(25)42(58)48-21-10-8-6-5-7-9-20-47-36(55)24-62-34-13-11-12-30-38(34)45(60)54(44(30)59)33-18-19-35-43(63-35)50-41(33)57/h11-17,27,32-33,35,43H,5-10,18-24H2,1-4H3,(H,47,55)(H,48,58)(H,50,57)/b39-25-,49-31+. The minimum atomic E-state index is -0.942. The molecule has 0 aliphatic carbocycles. The molecule has 1 aromatic heterocycles. The second-order valence-electron chi connectivity index (χ2n) is 16.2. The lowest BCUT2D eigenvalue weighted by Crippen LogP contribution is -2.49. The highest BCUT2D eigenvalue weighted by molar-refractivity contribution is 8.04. The van der Waals surface area contributed by atoms with Crippen molar-refractivity contribution in [2.75, 3.05) is 26.8 Å².